The molecule has 0 amide bonds. The topological polar surface area (TPSA) is 133 Å². The summed E-state index contributed by atoms with van der Waals surface area (Å²) in [6.07, 6.45) is -2.07. The number of hydrogen-bond acceptors (Lipinski definition) is 7. The highest BCUT2D eigenvalue weighted by atomic mass is 17.1. The molecule has 0 aromatic carbocycles. The van der Waals surface area contributed by atoms with Gasteiger partial charge in [-0.2, -0.15) is 5.26 Å². The van der Waals surface area contributed by atoms with Crippen molar-refractivity contribution in [2.75, 3.05) is 13.2 Å². The van der Waals surface area contributed by atoms with Gasteiger partial charge in [-0.3, -0.25) is 4.89 Å². The van der Waals surface area contributed by atoms with E-state index in [2.05, 4.69) is 4.89 Å². The molecule has 78 valence electrons. The molecule has 0 fully saturated rings. The third-order valence-electron chi connectivity index (χ3n) is 1.70. The fourth-order valence-electron chi connectivity index (χ4n) is 0.849. The maximum absolute atomic E-state index is 10.8. The summed E-state index contributed by atoms with van der Waals surface area (Å²) in [5.41, 5.74) is 2.64. The molecule has 2 atom stereocenters. The van der Waals surface area contributed by atoms with Crippen molar-refractivity contribution in [2.45, 2.75) is 18.1 Å². The van der Waals surface area contributed by atoms with Crippen LogP contribution in [0, 0.1) is 0 Å². The smallest absolute Gasteiger partial charge is 0.376 e. The average Bonchev–Trinajstić information content (AvgIpc) is 2.15. The fourth-order valence-corrected chi connectivity index (χ4v) is 0.849. The Hall–Kier alpha value is -0.730. The van der Waals surface area contributed by atoms with Crippen LogP contribution < -0.4 is 5.73 Å². The van der Waals surface area contributed by atoms with Gasteiger partial charge in [-0.15, -0.1) is 0 Å². The molecule has 0 rings (SSSR count). The van der Waals surface area contributed by atoms with Gasteiger partial charge in [0.05, 0.1) is 0 Å². The Morgan fingerprint density at radius 3 is 2.46 bits per heavy atom. The minimum Gasteiger partial charge on any atom is -0.396 e. The van der Waals surface area contributed by atoms with Crippen LogP contribution in [0.4, 0.5) is 0 Å². The molecule has 0 aromatic rings. The van der Waals surface area contributed by atoms with Crippen molar-refractivity contribution in [1.29, 1.82) is 0 Å². The van der Waals surface area contributed by atoms with E-state index in [-0.39, 0.29) is 0 Å². The number of rotatable bonds is 5. The van der Waals surface area contributed by atoms with Gasteiger partial charge in [-0.1, -0.05) is 0 Å². The minimum atomic E-state index is -2.36. The van der Waals surface area contributed by atoms with Crippen LogP contribution >= 0.6 is 0 Å². The summed E-state index contributed by atoms with van der Waals surface area (Å²) < 4.78 is 0. The molecular weight excluding hydrogens is 182 g/mol. The number of carbonyl (C=O) groups is 1. The highest BCUT2D eigenvalue weighted by Crippen LogP contribution is 2.16. The number of hydrogen-bond donors (Lipinski definition) is 5. The van der Waals surface area contributed by atoms with Crippen LogP contribution in [0.1, 0.15) is 6.42 Å². The van der Waals surface area contributed by atoms with Crippen LogP contribution in [-0.2, 0) is 9.68 Å². The molecule has 0 aliphatic carbocycles. The summed E-state index contributed by atoms with van der Waals surface area (Å²) >= 11 is 0. The van der Waals surface area contributed by atoms with E-state index in [0.717, 1.165) is 0 Å². The van der Waals surface area contributed by atoms with Gasteiger partial charge >= 0.3 is 5.97 Å². The Bertz CT molecular complexity index is 175. The van der Waals surface area contributed by atoms with Gasteiger partial charge < -0.3 is 21.1 Å². The second kappa shape index (κ2) is 5.10. The third-order valence-corrected chi connectivity index (χ3v) is 1.70. The third kappa shape index (κ3) is 2.61. The Morgan fingerprint density at radius 1 is 1.62 bits per heavy atom. The molecule has 13 heavy (non-hydrogen) atoms. The van der Waals surface area contributed by atoms with Gasteiger partial charge in [0.25, 0.3) is 0 Å². The van der Waals surface area contributed by atoms with Crippen molar-refractivity contribution >= 4 is 5.97 Å². The van der Waals surface area contributed by atoms with Gasteiger partial charge in [0.1, 0.15) is 6.10 Å². The first-order valence-corrected chi connectivity index (χ1v) is 3.60. The minimum absolute atomic E-state index is 0.397. The van der Waals surface area contributed by atoms with E-state index < -0.39 is 37.2 Å². The van der Waals surface area contributed by atoms with Crippen LogP contribution in [-0.4, -0.2) is 51.4 Å². The largest absolute Gasteiger partial charge is 0.396 e. The van der Waals surface area contributed by atoms with Gasteiger partial charge in [-0.25, -0.2) is 4.79 Å². The molecule has 0 aliphatic heterocycles. The molecule has 0 radical (unpaired) electrons. The zero-order chi connectivity index (χ0) is 10.5. The maximum atomic E-state index is 10.8. The zero-order valence-electron chi connectivity index (χ0n) is 6.88. The first-order valence-electron chi connectivity index (χ1n) is 3.60. The highest BCUT2D eigenvalue weighted by molar-refractivity contribution is 5.79. The molecule has 7 heteroatoms. The van der Waals surface area contributed by atoms with Crippen LogP contribution in [0.25, 0.3) is 0 Å². The predicted molar refractivity (Wildman–Crippen MR) is 40.4 cm³/mol. The van der Waals surface area contributed by atoms with Crippen LogP contribution in [0.15, 0.2) is 0 Å². The Labute approximate surface area is 74.3 Å². The predicted octanol–water partition coefficient (Wildman–Crippen LogP) is -2.56. The lowest BCUT2D eigenvalue weighted by atomic mass is 9.93. The molecule has 0 saturated carbocycles. The van der Waals surface area contributed by atoms with E-state index in [1.54, 1.807) is 0 Å². The van der Waals surface area contributed by atoms with Crippen molar-refractivity contribution in [3.8, 4) is 0 Å². The Morgan fingerprint density at radius 2 is 2.15 bits per heavy atom. The zero-order valence-corrected chi connectivity index (χ0v) is 6.88. The molecule has 0 aliphatic rings. The van der Waals surface area contributed by atoms with E-state index in [0.29, 0.717) is 0 Å². The molecule has 2 unspecified atom stereocenters. The second-order valence-electron chi connectivity index (χ2n) is 2.53. The quantitative estimate of drug-likeness (QED) is 0.240. The molecule has 6 N–H and O–H groups in total. The Balaban J connectivity index is 4.60. The highest BCUT2D eigenvalue weighted by Gasteiger charge is 2.44. The lowest BCUT2D eigenvalue weighted by Gasteiger charge is -2.27. The lowest BCUT2D eigenvalue weighted by molar-refractivity contribution is -0.259. The standard InChI is InChI=1S/C6H13NO6/c7-3-4(9)6(11,1-2-8)5(10)13-12/h4,8-9,11-12H,1-3,7H2. The van der Waals surface area contributed by atoms with Crippen molar-refractivity contribution in [3.05, 3.63) is 0 Å². The second-order valence-corrected chi connectivity index (χ2v) is 2.53. The molecule has 0 heterocycles. The molecule has 0 saturated heterocycles. The summed E-state index contributed by atoms with van der Waals surface area (Å²) in [6, 6.07) is 0. The lowest BCUT2D eigenvalue weighted by Crippen LogP contribution is -2.53. The number of carbonyl (C=O) groups excluding carboxylic acids is 1. The van der Waals surface area contributed by atoms with Crippen LogP contribution in [0.2, 0.25) is 0 Å². The van der Waals surface area contributed by atoms with Crippen LogP contribution in [0.5, 0.6) is 0 Å². The summed E-state index contributed by atoms with van der Waals surface area (Å²) in [7, 11) is 0. The monoisotopic (exact) mass is 195 g/mol. The number of aliphatic hydroxyl groups excluding tert-OH is 2. The van der Waals surface area contributed by atoms with E-state index in [1.165, 1.54) is 0 Å². The summed E-state index contributed by atoms with van der Waals surface area (Å²) in [5.74, 6) is -1.44. The van der Waals surface area contributed by atoms with Crippen molar-refractivity contribution in [2.24, 2.45) is 5.73 Å². The van der Waals surface area contributed by atoms with Gasteiger partial charge in [0, 0.05) is 19.6 Å². The number of nitrogens with two attached hydrogens (primary N) is 1. The van der Waals surface area contributed by atoms with Crippen molar-refractivity contribution < 1.29 is 30.3 Å². The average molecular weight is 195 g/mol. The van der Waals surface area contributed by atoms with E-state index in [9.17, 15) is 9.90 Å². The van der Waals surface area contributed by atoms with Crippen molar-refractivity contribution in [3.63, 3.8) is 0 Å². The Kier molecular flexibility index (Phi) is 4.81. The molecular formula is C6H13NO6. The fraction of sp³-hybridized carbons (Fsp3) is 0.833. The molecule has 0 spiro atoms. The molecule has 0 bridgehead atoms. The molecule has 7 nitrogen and oxygen atoms in total. The maximum Gasteiger partial charge on any atom is 0.376 e. The molecule has 0 aromatic heterocycles. The van der Waals surface area contributed by atoms with E-state index >= 15 is 0 Å². The van der Waals surface area contributed by atoms with Gasteiger partial charge in [0.2, 0.25) is 0 Å². The SMILES string of the molecule is NCC(O)C(O)(CCO)C(=O)OO. The number of aliphatic hydroxyl groups is 3. The summed E-state index contributed by atoms with van der Waals surface area (Å²) in [6.45, 7) is -0.950. The summed E-state index contributed by atoms with van der Waals surface area (Å²) in [5, 5.41) is 35.0. The van der Waals surface area contributed by atoms with E-state index in [1.807, 2.05) is 0 Å². The van der Waals surface area contributed by atoms with Gasteiger partial charge in [0.15, 0.2) is 5.60 Å². The first kappa shape index (κ1) is 12.3. The van der Waals surface area contributed by atoms with E-state index in [4.69, 9.17) is 21.2 Å². The van der Waals surface area contributed by atoms with Crippen LogP contribution in [0.3, 0.4) is 0 Å². The first-order chi connectivity index (χ1) is 6.02. The van der Waals surface area contributed by atoms with Gasteiger partial charge in [-0.05, 0) is 0 Å². The normalized spacial score (nSPS) is 17.6. The summed E-state index contributed by atoms with van der Waals surface area (Å²) in [4.78, 5) is 14.1. The van der Waals surface area contributed by atoms with Crippen molar-refractivity contribution in [1.82, 2.24) is 0 Å².